The number of para-hydroxylation sites is 1. The largest absolute Gasteiger partial charge is 0.325 e. The van der Waals surface area contributed by atoms with E-state index in [0.717, 1.165) is 24.4 Å². The van der Waals surface area contributed by atoms with Crippen molar-refractivity contribution in [3.63, 3.8) is 0 Å². The van der Waals surface area contributed by atoms with Crippen LogP contribution in [-0.4, -0.2) is 19.3 Å². The number of aromatic nitrogens is 4. The molecule has 0 bridgehead atoms. The first-order valence-corrected chi connectivity index (χ1v) is 6.81. The fourth-order valence-electron chi connectivity index (χ4n) is 2.39. The van der Waals surface area contributed by atoms with Crippen molar-refractivity contribution < 1.29 is 0 Å². The van der Waals surface area contributed by atoms with Gasteiger partial charge in [-0.05, 0) is 24.6 Å². The summed E-state index contributed by atoms with van der Waals surface area (Å²) in [6.07, 6.45) is 3.76. The standard InChI is InChI=1S/C14H15ClN4/c1-11-4-2-5-12-14(11)19(13(10-15)17-12)9-8-18-7-3-6-16-18/h2-7H,8-10H2,1H3. The van der Waals surface area contributed by atoms with Crippen LogP contribution < -0.4 is 0 Å². The van der Waals surface area contributed by atoms with E-state index in [9.17, 15) is 0 Å². The highest BCUT2D eigenvalue weighted by molar-refractivity contribution is 6.16. The van der Waals surface area contributed by atoms with Crippen molar-refractivity contribution in [1.82, 2.24) is 19.3 Å². The zero-order chi connectivity index (χ0) is 13.2. The molecule has 0 fully saturated rings. The zero-order valence-corrected chi connectivity index (χ0v) is 11.5. The summed E-state index contributed by atoms with van der Waals surface area (Å²) in [5.74, 6) is 1.34. The van der Waals surface area contributed by atoms with Gasteiger partial charge in [0, 0.05) is 18.9 Å². The monoisotopic (exact) mass is 274 g/mol. The average Bonchev–Trinajstić information content (AvgIpc) is 3.03. The summed E-state index contributed by atoms with van der Waals surface area (Å²) in [5, 5.41) is 4.22. The summed E-state index contributed by atoms with van der Waals surface area (Å²) in [4.78, 5) is 4.59. The van der Waals surface area contributed by atoms with Crippen LogP contribution in [0, 0.1) is 6.92 Å². The predicted octanol–water partition coefficient (Wildman–Crippen LogP) is 2.98. The van der Waals surface area contributed by atoms with Crippen LogP contribution >= 0.6 is 11.6 Å². The molecular formula is C14H15ClN4. The molecule has 0 unspecified atom stereocenters. The molecule has 0 aliphatic rings. The molecule has 0 saturated carbocycles. The SMILES string of the molecule is Cc1cccc2nc(CCl)n(CCn3cccn3)c12. The van der Waals surface area contributed by atoms with Crippen molar-refractivity contribution >= 4 is 22.6 Å². The summed E-state index contributed by atoms with van der Waals surface area (Å²) < 4.78 is 4.11. The lowest BCUT2D eigenvalue weighted by Crippen LogP contribution is -2.10. The van der Waals surface area contributed by atoms with Crippen LogP contribution in [-0.2, 0) is 19.0 Å². The van der Waals surface area contributed by atoms with Crippen molar-refractivity contribution in [3.05, 3.63) is 48.0 Å². The maximum absolute atomic E-state index is 6.01. The van der Waals surface area contributed by atoms with Gasteiger partial charge in [0.15, 0.2) is 0 Å². The van der Waals surface area contributed by atoms with Crippen molar-refractivity contribution in [2.75, 3.05) is 0 Å². The van der Waals surface area contributed by atoms with Gasteiger partial charge in [0.05, 0.1) is 23.5 Å². The number of hydrogen-bond donors (Lipinski definition) is 0. The Kier molecular flexibility index (Phi) is 3.25. The van der Waals surface area contributed by atoms with E-state index in [4.69, 9.17) is 11.6 Å². The molecular weight excluding hydrogens is 260 g/mol. The minimum absolute atomic E-state index is 0.424. The second-order valence-corrected chi connectivity index (χ2v) is 4.79. The highest BCUT2D eigenvalue weighted by Gasteiger charge is 2.11. The molecule has 2 aromatic heterocycles. The molecule has 0 aliphatic carbocycles. The van der Waals surface area contributed by atoms with Gasteiger partial charge in [-0.1, -0.05) is 12.1 Å². The second kappa shape index (κ2) is 5.05. The summed E-state index contributed by atoms with van der Waals surface area (Å²) in [6, 6.07) is 8.09. The van der Waals surface area contributed by atoms with Gasteiger partial charge < -0.3 is 4.57 Å². The molecule has 0 aliphatic heterocycles. The van der Waals surface area contributed by atoms with Crippen LogP contribution in [0.3, 0.4) is 0 Å². The van der Waals surface area contributed by atoms with Gasteiger partial charge in [-0.25, -0.2) is 4.98 Å². The van der Waals surface area contributed by atoms with E-state index >= 15 is 0 Å². The van der Waals surface area contributed by atoms with Gasteiger partial charge >= 0.3 is 0 Å². The molecule has 3 rings (SSSR count). The van der Waals surface area contributed by atoms with Gasteiger partial charge in [0.2, 0.25) is 0 Å². The van der Waals surface area contributed by atoms with Crippen molar-refractivity contribution in [3.8, 4) is 0 Å². The number of halogens is 1. The normalized spacial score (nSPS) is 11.3. The first-order valence-electron chi connectivity index (χ1n) is 6.27. The van der Waals surface area contributed by atoms with Crippen LogP contribution in [0.2, 0.25) is 0 Å². The van der Waals surface area contributed by atoms with Crippen LogP contribution in [0.5, 0.6) is 0 Å². The number of alkyl halides is 1. The Labute approximate surface area is 116 Å². The number of aryl methyl sites for hydroxylation is 3. The van der Waals surface area contributed by atoms with Crippen LogP contribution in [0.25, 0.3) is 11.0 Å². The van der Waals surface area contributed by atoms with Crippen molar-refractivity contribution in [1.29, 1.82) is 0 Å². The molecule has 1 aromatic carbocycles. The quantitative estimate of drug-likeness (QED) is 0.686. The molecule has 0 N–H and O–H groups in total. The maximum atomic E-state index is 6.01. The smallest absolute Gasteiger partial charge is 0.124 e. The number of fused-ring (bicyclic) bond motifs is 1. The third-order valence-corrected chi connectivity index (χ3v) is 3.52. The number of benzene rings is 1. The molecule has 4 nitrogen and oxygen atoms in total. The topological polar surface area (TPSA) is 35.6 Å². The van der Waals surface area contributed by atoms with E-state index in [1.165, 1.54) is 11.1 Å². The number of nitrogens with zero attached hydrogens (tertiary/aromatic N) is 4. The summed E-state index contributed by atoms with van der Waals surface area (Å²) in [6.45, 7) is 3.74. The number of rotatable bonds is 4. The van der Waals surface area contributed by atoms with Gasteiger partial charge in [0.1, 0.15) is 5.82 Å². The molecule has 2 heterocycles. The average molecular weight is 275 g/mol. The van der Waals surface area contributed by atoms with E-state index in [0.29, 0.717) is 5.88 Å². The van der Waals surface area contributed by atoms with Crippen molar-refractivity contribution in [2.24, 2.45) is 0 Å². The molecule has 5 heteroatoms. The van der Waals surface area contributed by atoms with Crippen LogP contribution in [0.1, 0.15) is 11.4 Å². The lowest BCUT2D eigenvalue weighted by atomic mass is 10.2. The van der Waals surface area contributed by atoms with E-state index in [2.05, 4.69) is 27.6 Å². The fourth-order valence-corrected chi connectivity index (χ4v) is 2.60. The van der Waals surface area contributed by atoms with Gasteiger partial charge in [0.25, 0.3) is 0 Å². The Morgan fingerprint density at radius 3 is 2.84 bits per heavy atom. The minimum Gasteiger partial charge on any atom is -0.325 e. The van der Waals surface area contributed by atoms with E-state index < -0.39 is 0 Å². The van der Waals surface area contributed by atoms with E-state index in [-0.39, 0.29) is 0 Å². The maximum Gasteiger partial charge on any atom is 0.124 e. The lowest BCUT2D eigenvalue weighted by molar-refractivity contribution is 0.532. The molecule has 0 atom stereocenters. The molecule has 0 saturated heterocycles. The Balaban J connectivity index is 2.00. The summed E-state index contributed by atoms with van der Waals surface area (Å²) in [7, 11) is 0. The Bertz CT molecular complexity index is 685. The van der Waals surface area contributed by atoms with Crippen molar-refractivity contribution in [2.45, 2.75) is 25.9 Å². The lowest BCUT2D eigenvalue weighted by Gasteiger charge is -2.09. The zero-order valence-electron chi connectivity index (χ0n) is 10.8. The highest BCUT2D eigenvalue weighted by atomic mass is 35.5. The molecule has 0 radical (unpaired) electrons. The van der Waals surface area contributed by atoms with Crippen LogP contribution in [0.4, 0.5) is 0 Å². The number of imidazole rings is 1. The molecule has 0 spiro atoms. The first kappa shape index (κ1) is 12.2. The van der Waals surface area contributed by atoms with E-state index in [1.54, 1.807) is 6.20 Å². The first-order chi connectivity index (χ1) is 9.29. The van der Waals surface area contributed by atoms with Gasteiger partial charge in [-0.15, -0.1) is 11.6 Å². The molecule has 3 aromatic rings. The Morgan fingerprint density at radius 2 is 2.11 bits per heavy atom. The molecule has 19 heavy (non-hydrogen) atoms. The minimum atomic E-state index is 0.424. The predicted molar refractivity (Wildman–Crippen MR) is 76.3 cm³/mol. The third kappa shape index (κ3) is 2.24. The Hall–Kier alpha value is -1.81. The fraction of sp³-hybridized carbons (Fsp3) is 0.286. The highest BCUT2D eigenvalue weighted by Crippen LogP contribution is 2.21. The third-order valence-electron chi connectivity index (χ3n) is 3.28. The van der Waals surface area contributed by atoms with Gasteiger partial charge in [-0.3, -0.25) is 4.68 Å². The van der Waals surface area contributed by atoms with E-state index in [1.807, 2.05) is 29.1 Å². The number of hydrogen-bond acceptors (Lipinski definition) is 2. The second-order valence-electron chi connectivity index (χ2n) is 4.53. The molecule has 0 amide bonds. The molecule has 98 valence electrons. The summed E-state index contributed by atoms with van der Waals surface area (Å²) in [5.41, 5.74) is 3.41. The summed E-state index contributed by atoms with van der Waals surface area (Å²) >= 11 is 6.01. The van der Waals surface area contributed by atoms with Crippen LogP contribution in [0.15, 0.2) is 36.7 Å². The van der Waals surface area contributed by atoms with Gasteiger partial charge in [-0.2, -0.15) is 5.10 Å². The Morgan fingerprint density at radius 1 is 1.21 bits per heavy atom.